The number of H-pyrrole nitrogens is 1. The number of rotatable bonds is 1. The predicted molar refractivity (Wildman–Crippen MR) is 69.1 cm³/mol. The second-order valence-electron chi connectivity index (χ2n) is 4.03. The molecule has 2 aromatic heterocycles. The highest BCUT2D eigenvalue weighted by atomic mass is 127. The van der Waals surface area contributed by atoms with Crippen LogP contribution in [0.3, 0.4) is 0 Å². The lowest BCUT2D eigenvalue weighted by Gasteiger charge is -2.20. The first-order valence-electron chi connectivity index (χ1n) is 5.47. The second-order valence-corrected chi connectivity index (χ2v) is 5.05. The van der Waals surface area contributed by atoms with Gasteiger partial charge >= 0.3 is 0 Å². The first-order valence-corrected chi connectivity index (χ1v) is 6.55. The van der Waals surface area contributed by atoms with E-state index in [2.05, 4.69) is 37.7 Å². The van der Waals surface area contributed by atoms with Gasteiger partial charge in [0.15, 0.2) is 5.52 Å². The summed E-state index contributed by atoms with van der Waals surface area (Å²) in [6.45, 7) is 1.50. The number of fused-ring (bicyclic) bond motifs is 1. The van der Waals surface area contributed by atoms with Crippen molar-refractivity contribution in [2.45, 2.75) is 18.8 Å². The standard InChI is InChI=1S/C10H11IN4O2/c11-8-7-10(16)12-5-13-15(7)9(14-8)6-1-3-17-4-2-6/h5-6H,1-4H2,(H,12,13,16). The molecule has 2 aromatic rings. The Bertz CT molecular complexity index is 600. The third kappa shape index (κ3) is 1.86. The number of aromatic amines is 1. The molecule has 3 heterocycles. The summed E-state index contributed by atoms with van der Waals surface area (Å²) >= 11 is 2.08. The summed E-state index contributed by atoms with van der Waals surface area (Å²) in [5.74, 6) is 1.20. The van der Waals surface area contributed by atoms with Gasteiger partial charge in [-0.3, -0.25) is 4.79 Å². The van der Waals surface area contributed by atoms with Crippen LogP contribution in [0.5, 0.6) is 0 Å². The normalized spacial score (nSPS) is 17.7. The molecule has 1 N–H and O–H groups in total. The van der Waals surface area contributed by atoms with Crippen LogP contribution in [0.2, 0.25) is 0 Å². The lowest BCUT2D eigenvalue weighted by atomic mass is 10.00. The number of aromatic nitrogens is 4. The maximum atomic E-state index is 11.7. The molecule has 0 saturated carbocycles. The van der Waals surface area contributed by atoms with Crippen molar-refractivity contribution in [2.75, 3.05) is 13.2 Å². The van der Waals surface area contributed by atoms with Gasteiger partial charge in [-0.15, -0.1) is 0 Å². The van der Waals surface area contributed by atoms with Gasteiger partial charge < -0.3 is 9.72 Å². The lowest BCUT2D eigenvalue weighted by Crippen LogP contribution is -2.18. The van der Waals surface area contributed by atoms with Crippen molar-refractivity contribution in [3.05, 3.63) is 26.2 Å². The van der Waals surface area contributed by atoms with E-state index < -0.39 is 0 Å². The molecule has 1 aliphatic heterocycles. The average molecular weight is 346 g/mol. The van der Waals surface area contributed by atoms with E-state index >= 15 is 0 Å². The number of hydrogen-bond acceptors (Lipinski definition) is 4. The van der Waals surface area contributed by atoms with Gasteiger partial charge in [0.05, 0.1) is 0 Å². The van der Waals surface area contributed by atoms with Gasteiger partial charge in [-0.05, 0) is 35.4 Å². The van der Waals surface area contributed by atoms with E-state index in [9.17, 15) is 4.79 Å². The van der Waals surface area contributed by atoms with Crippen molar-refractivity contribution in [2.24, 2.45) is 0 Å². The van der Waals surface area contributed by atoms with Crippen LogP contribution in [0, 0.1) is 3.70 Å². The van der Waals surface area contributed by atoms with Gasteiger partial charge in [-0.25, -0.2) is 9.50 Å². The summed E-state index contributed by atoms with van der Waals surface area (Å²) in [6.07, 6.45) is 3.28. The summed E-state index contributed by atoms with van der Waals surface area (Å²) in [6, 6.07) is 0. The molecule has 0 spiro atoms. The van der Waals surface area contributed by atoms with Crippen LogP contribution in [-0.2, 0) is 4.74 Å². The average Bonchev–Trinajstić information content (AvgIpc) is 2.69. The molecule has 1 fully saturated rings. The zero-order chi connectivity index (χ0) is 11.8. The molecule has 90 valence electrons. The van der Waals surface area contributed by atoms with Crippen LogP contribution in [0.1, 0.15) is 24.6 Å². The van der Waals surface area contributed by atoms with Crippen LogP contribution in [0.25, 0.3) is 5.52 Å². The SMILES string of the molecule is O=c1[nH]cnn2c(C3CCOCC3)nc(I)c12. The van der Waals surface area contributed by atoms with E-state index in [4.69, 9.17) is 4.74 Å². The van der Waals surface area contributed by atoms with Gasteiger partial charge in [-0.1, -0.05) is 0 Å². The zero-order valence-electron chi connectivity index (χ0n) is 9.02. The molecule has 0 aromatic carbocycles. The van der Waals surface area contributed by atoms with Gasteiger partial charge in [-0.2, -0.15) is 5.10 Å². The fraction of sp³-hybridized carbons (Fsp3) is 0.500. The molecule has 1 aliphatic rings. The van der Waals surface area contributed by atoms with Crippen molar-refractivity contribution in [3.8, 4) is 0 Å². The Kier molecular flexibility index (Phi) is 2.87. The number of imidazole rings is 1. The fourth-order valence-corrected chi connectivity index (χ4v) is 2.86. The lowest BCUT2D eigenvalue weighted by molar-refractivity contribution is 0.0832. The summed E-state index contributed by atoms with van der Waals surface area (Å²) in [4.78, 5) is 18.8. The number of nitrogens with zero attached hydrogens (tertiary/aromatic N) is 3. The first-order chi connectivity index (χ1) is 8.27. The van der Waals surface area contributed by atoms with E-state index in [0.29, 0.717) is 15.1 Å². The number of halogens is 1. The van der Waals surface area contributed by atoms with Gasteiger partial charge in [0, 0.05) is 19.1 Å². The largest absolute Gasteiger partial charge is 0.381 e. The Hall–Kier alpha value is -0.960. The third-order valence-corrected chi connectivity index (χ3v) is 3.76. The van der Waals surface area contributed by atoms with Crippen LogP contribution in [0.15, 0.2) is 11.1 Å². The summed E-state index contributed by atoms with van der Waals surface area (Å²) in [5.41, 5.74) is 0.393. The highest BCUT2D eigenvalue weighted by molar-refractivity contribution is 14.1. The zero-order valence-corrected chi connectivity index (χ0v) is 11.2. The van der Waals surface area contributed by atoms with E-state index in [-0.39, 0.29) is 5.56 Å². The van der Waals surface area contributed by atoms with Crippen molar-refractivity contribution in [3.63, 3.8) is 0 Å². The molecule has 0 amide bonds. The van der Waals surface area contributed by atoms with E-state index in [1.54, 1.807) is 4.52 Å². The first kappa shape index (κ1) is 11.1. The fourth-order valence-electron chi connectivity index (χ4n) is 2.14. The molecule has 17 heavy (non-hydrogen) atoms. The van der Waals surface area contributed by atoms with Crippen LogP contribution >= 0.6 is 22.6 Å². The number of nitrogens with one attached hydrogen (secondary N) is 1. The molecule has 1 saturated heterocycles. The van der Waals surface area contributed by atoms with E-state index in [1.165, 1.54) is 6.33 Å². The maximum absolute atomic E-state index is 11.7. The van der Waals surface area contributed by atoms with Gasteiger partial charge in [0.2, 0.25) is 0 Å². The molecule has 7 heteroatoms. The third-order valence-electron chi connectivity index (χ3n) is 3.01. The monoisotopic (exact) mass is 346 g/mol. The highest BCUT2D eigenvalue weighted by Crippen LogP contribution is 2.26. The Morgan fingerprint density at radius 2 is 2.24 bits per heavy atom. The van der Waals surface area contributed by atoms with E-state index in [1.807, 2.05) is 0 Å². The summed E-state index contributed by atoms with van der Waals surface area (Å²) in [5, 5.41) is 4.19. The molecule has 0 bridgehead atoms. The molecular weight excluding hydrogens is 335 g/mol. The molecule has 6 nitrogen and oxygen atoms in total. The number of ether oxygens (including phenoxy) is 1. The van der Waals surface area contributed by atoms with Crippen molar-refractivity contribution < 1.29 is 4.74 Å². The van der Waals surface area contributed by atoms with Crippen molar-refractivity contribution in [1.82, 2.24) is 19.6 Å². The van der Waals surface area contributed by atoms with Crippen LogP contribution in [0.4, 0.5) is 0 Å². The van der Waals surface area contributed by atoms with E-state index in [0.717, 1.165) is 31.9 Å². The molecule has 0 radical (unpaired) electrons. The quantitative estimate of drug-likeness (QED) is 0.780. The highest BCUT2D eigenvalue weighted by Gasteiger charge is 2.23. The minimum atomic E-state index is -0.143. The molecule has 0 aliphatic carbocycles. The Labute approximate surface area is 111 Å². The topological polar surface area (TPSA) is 72.3 Å². The Balaban J connectivity index is 2.17. The van der Waals surface area contributed by atoms with Crippen LogP contribution < -0.4 is 5.56 Å². The molecular formula is C10H11IN4O2. The minimum Gasteiger partial charge on any atom is -0.381 e. The second kappa shape index (κ2) is 4.37. The Morgan fingerprint density at radius 3 is 3.00 bits per heavy atom. The summed E-state index contributed by atoms with van der Waals surface area (Å²) < 4.78 is 7.71. The molecule has 0 unspecified atom stereocenters. The molecule has 3 rings (SSSR count). The van der Waals surface area contributed by atoms with Crippen molar-refractivity contribution in [1.29, 1.82) is 0 Å². The molecule has 0 atom stereocenters. The van der Waals surface area contributed by atoms with Gasteiger partial charge in [0.25, 0.3) is 5.56 Å². The summed E-state index contributed by atoms with van der Waals surface area (Å²) in [7, 11) is 0. The van der Waals surface area contributed by atoms with Crippen molar-refractivity contribution >= 4 is 28.1 Å². The Morgan fingerprint density at radius 1 is 1.47 bits per heavy atom. The smallest absolute Gasteiger partial charge is 0.277 e. The van der Waals surface area contributed by atoms with Gasteiger partial charge in [0.1, 0.15) is 15.9 Å². The number of hydrogen-bond donors (Lipinski definition) is 1. The van der Waals surface area contributed by atoms with Crippen LogP contribution in [-0.4, -0.2) is 32.8 Å². The maximum Gasteiger partial charge on any atom is 0.277 e. The predicted octanol–water partition coefficient (Wildman–Crippen LogP) is 0.916. The minimum absolute atomic E-state index is 0.143.